The summed E-state index contributed by atoms with van der Waals surface area (Å²) in [6, 6.07) is 6.64. The van der Waals surface area contributed by atoms with Crippen molar-refractivity contribution in [1.29, 1.82) is 0 Å². The molecule has 0 aliphatic carbocycles. The quantitative estimate of drug-likeness (QED) is 0.372. The maximum Gasteiger partial charge on any atom is 0.272 e. The highest BCUT2D eigenvalue weighted by Crippen LogP contribution is 2.30. The van der Waals surface area contributed by atoms with Crippen LogP contribution in [0.5, 0.6) is 0 Å². The molecule has 2 atom stereocenters. The maximum atomic E-state index is 10.8. The summed E-state index contributed by atoms with van der Waals surface area (Å²) >= 11 is 4.21. The maximum absolute atomic E-state index is 10.8. The minimum Gasteiger partial charge on any atom is -0.370 e. The highest BCUT2D eigenvalue weighted by molar-refractivity contribution is 7.80. The highest BCUT2D eigenvalue weighted by atomic mass is 32.1. The summed E-state index contributed by atoms with van der Waals surface area (Å²) < 4.78 is 5.04. The van der Waals surface area contributed by atoms with Crippen LogP contribution in [0.25, 0.3) is 0 Å². The predicted octanol–water partition coefficient (Wildman–Crippen LogP) is 2.60. The third-order valence-corrected chi connectivity index (χ3v) is 2.95. The number of hydrogen-bond donors (Lipinski definition) is 1. The fourth-order valence-electron chi connectivity index (χ4n) is 1.40. The molecular formula is C10H13NO3S. The topological polar surface area (TPSA) is 52.4 Å². The lowest BCUT2D eigenvalue weighted by molar-refractivity contribution is -0.385. The van der Waals surface area contributed by atoms with Crippen molar-refractivity contribution in [3.63, 3.8) is 0 Å². The second-order valence-corrected chi connectivity index (χ2v) is 3.74. The molecule has 1 aromatic carbocycles. The zero-order valence-corrected chi connectivity index (χ0v) is 9.48. The molecule has 0 aliphatic rings. The average Bonchev–Trinajstić information content (AvgIpc) is 2.27. The van der Waals surface area contributed by atoms with E-state index in [0.717, 1.165) is 0 Å². The molecular weight excluding hydrogens is 214 g/mol. The van der Waals surface area contributed by atoms with Crippen molar-refractivity contribution in [1.82, 2.24) is 0 Å². The summed E-state index contributed by atoms with van der Waals surface area (Å²) in [5.41, 5.74) is 0.413. The smallest absolute Gasteiger partial charge is 0.272 e. The van der Waals surface area contributed by atoms with Gasteiger partial charge in [0.25, 0.3) is 5.69 Å². The summed E-state index contributed by atoms with van der Waals surface area (Å²) in [7, 11) is 1.53. The van der Waals surface area contributed by atoms with Crippen molar-refractivity contribution in [2.24, 2.45) is 0 Å². The molecule has 5 heteroatoms. The van der Waals surface area contributed by atoms with Gasteiger partial charge in [0, 0.05) is 24.7 Å². The SMILES string of the molecule is COC(S)C(C)c1ccccc1[N+](=O)[O-]. The number of rotatable bonds is 4. The van der Waals surface area contributed by atoms with E-state index in [-0.39, 0.29) is 22.0 Å². The molecule has 0 N–H and O–H groups in total. The Hall–Kier alpha value is -1.07. The van der Waals surface area contributed by atoms with E-state index in [1.807, 2.05) is 6.92 Å². The van der Waals surface area contributed by atoms with Crippen molar-refractivity contribution >= 4 is 18.3 Å². The van der Waals surface area contributed by atoms with E-state index in [9.17, 15) is 10.1 Å². The summed E-state index contributed by atoms with van der Waals surface area (Å²) in [4.78, 5) is 10.4. The van der Waals surface area contributed by atoms with Crippen LogP contribution in [0.1, 0.15) is 18.4 Å². The van der Waals surface area contributed by atoms with E-state index in [2.05, 4.69) is 12.6 Å². The Labute approximate surface area is 93.8 Å². The second-order valence-electron chi connectivity index (χ2n) is 3.23. The van der Waals surface area contributed by atoms with Crippen LogP contribution in [-0.4, -0.2) is 17.5 Å². The molecule has 1 aromatic rings. The molecule has 0 saturated carbocycles. The lowest BCUT2D eigenvalue weighted by atomic mass is 10.00. The van der Waals surface area contributed by atoms with E-state index >= 15 is 0 Å². The number of methoxy groups -OCH3 is 1. The Morgan fingerprint density at radius 2 is 2.07 bits per heavy atom. The molecule has 0 aromatic heterocycles. The molecule has 4 nitrogen and oxygen atoms in total. The molecule has 0 fully saturated rings. The summed E-state index contributed by atoms with van der Waals surface area (Å²) in [6.07, 6.45) is 0. The summed E-state index contributed by atoms with van der Waals surface area (Å²) in [5, 5.41) is 10.8. The van der Waals surface area contributed by atoms with Crippen LogP contribution in [0, 0.1) is 10.1 Å². The first-order valence-corrected chi connectivity index (χ1v) is 5.03. The third kappa shape index (κ3) is 2.70. The van der Waals surface area contributed by atoms with E-state index in [4.69, 9.17) is 4.74 Å². The summed E-state index contributed by atoms with van der Waals surface area (Å²) in [5.74, 6) is -0.125. The van der Waals surface area contributed by atoms with Crippen molar-refractivity contribution in [2.45, 2.75) is 18.3 Å². The van der Waals surface area contributed by atoms with Gasteiger partial charge in [-0.25, -0.2) is 0 Å². The van der Waals surface area contributed by atoms with Gasteiger partial charge in [-0.1, -0.05) is 25.1 Å². The Balaban J connectivity index is 3.07. The van der Waals surface area contributed by atoms with Crippen LogP contribution in [-0.2, 0) is 4.74 Å². The second kappa shape index (κ2) is 5.14. The number of ether oxygens (including phenoxy) is 1. The van der Waals surface area contributed by atoms with Gasteiger partial charge in [0.2, 0.25) is 0 Å². The molecule has 82 valence electrons. The van der Waals surface area contributed by atoms with Gasteiger partial charge < -0.3 is 4.74 Å². The Morgan fingerprint density at radius 1 is 1.47 bits per heavy atom. The predicted molar refractivity (Wildman–Crippen MR) is 61.3 cm³/mol. The van der Waals surface area contributed by atoms with Crippen LogP contribution in [0.3, 0.4) is 0 Å². The molecule has 0 bridgehead atoms. The van der Waals surface area contributed by atoms with Crippen LogP contribution in [0.15, 0.2) is 24.3 Å². The number of benzene rings is 1. The largest absolute Gasteiger partial charge is 0.370 e. The number of nitro groups is 1. The van der Waals surface area contributed by atoms with E-state index in [1.165, 1.54) is 13.2 Å². The first-order valence-electron chi connectivity index (χ1n) is 4.52. The van der Waals surface area contributed by atoms with Crippen molar-refractivity contribution in [3.05, 3.63) is 39.9 Å². The molecule has 2 unspecified atom stereocenters. The Kier molecular flexibility index (Phi) is 4.11. The normalized spacial score (nSPS) is 14.6. The van der Waals surface area contributed by atoms with E-state index in [0.29, 0.717) is 5.56 Å². The van der Waals surface area contributed by atoms with Gasteiger partial charge in [0.15, 0.2) is 0 Å². The molecule has 1 rings (SSSR count). The van der Waals surface area contributed by atoms with E-state index < -0.39 is 0 Å². The number of hydrogen-bond acceptors (Lipinski definition) is 4. The molecule has 0 aliphatic heterocycles. The van der Waals surface area contributed by atoms with Gasteiger partial charge in [0.1, 0.15) is 5.44 Å². The first kappa shape index (κ1) is 12.0. The number of nitro benzene ring substituents is 1. The molecule has 0 amide bonds. The van der Waals surface area contributed by atoms with Crippen molar-refractivity contribution in [3.8, 4) is 0 Å². The molecule has 0 radical (unpaired) electrons. The Bertz CT molecular complexity index is 356. The number of para-hydroxylation sites is 1. The van der Waals surface area contributed by atoms with E-state index in [1.54, 1.807) is 18.2 Å². The summed E-state index contributed by atoms with van der Waals surface area (Å²) in [6.45, 7) is 1.85. The van der Waals surface area contributed by atoms with Crippen LogP contribution >= 0.6 is 12.6 Å². The standard InChI is InChI=1S/C10H13NO3S/c1-7(10(15)14-2)8-5-3-4-6-9(8)11(12)13/h3-7,10,15H,1-2H3. The first-order chi connectivity index (χ1) is 7.07. The van der Waals surface area contributed by atoms with Crippen LogP contribution < -0.4 is 0 Å². The minimum atomic E-state index is -0.387. The average molecular weight is 227 g/mol. The Morgan fingerprint density at radius 3 is 2.60 bits per heavy atom. The monoisotopic (exact) mass is 227 g/mol. The van der Waals surface area contributed by atoms with Crippen LogP contribution in [0.2, 0.25) is 0 Å². The fourth-order valence-corrected chi connectivity index (χ4v) is 1.56. The molecule has 15 heavy (non-hydrogen) atoms. The number of nitrogens with zero attached hydrogens (tertiary/aromatic N) is 1. The zero-order valence-electron chi connectivity index (χ0n) is 8.58. The van der Waals surface area contributed by atoms with Gasteiger partial charge in [-0.05, 0) is 0 Å². The fraction of sp³-hybridized carbons (Fsp3) is 0.400. The molecule has 0 heterocycles. The van der Waals surface area contributed by atoms with Gasteiger partial charge in [0.05, 0.1) is 4.92 Å². The van der Waals surface area contributed by atoms with Gasteiger partial charge in [-0.2, -0.15) is 0 Å². The van der Waals surface area contributed by atoms with Crippen LogP contribution in [0.4, 0.5) is 5.69 Å². The van der Waals surface area contributed by atoms with Gasteiger partial charge in [-0.3, -0.25) is 10.1 Å². The molecule has 0 spiro atoms. The zero-order chi connectivity index (χ0) is 11.4. The lowest BCUT2D eigenvalue weighted by Gasteiger charge is -2.17. The highest BCUT2D eigenvalue weighted by Gasteiger charge is 2.22. The lowest BCUT2D eigenvalue weighted by Crippen LogP contribution is -2.13. The van der Waals surface area contributed by atoms with Gasteiger partial charge >= 0.3 is 0 Å². The van der Waals surface area contributed by atoms with Gasteiger partial charge in [-0.15, -0.1) is 12.6 Å². The molecule has 0 saturated heterocycles. The number of thiol groups is 1. The minimum absolute atomic E-state index is 0.112. The van der Waals surface area contributed by atoms with Crippen molar-refractivity contribution < 1.29 is 9.66 Å². The van der Waals surface area contributed by atoms with Crippen molar-refractivity contribution in [2.75, 3.05) is 7.11 Å². The third-order valence-electron chi connectivity index (χ3n) is 2.29.